The number of amides is 1. The van der Waals surface area contributed by atoms with Crippen LogP contribution >= 0.6 is 23.4 Å². The van der Waals surface area contributed by atoms with Gasteiger partial charge in [-0.25, -0.2) is 4.79 Å². The third-order valence-corrected chi connectivity index (χ3v) is 5.37. The third kappa shape index (κ3) is 6.69. The van der Waals surface area contributed by atoms with E-state index in [9.17, 15) is 24.5 Å². The number of carbonyl (C=O) groups is 3. The lowest BCUT2D eigenvalue weighted by molar-refractivity contribution is -0.384. The average Bonchev–Trinajstić information content (AvgIpc) is 3.23. The Morgan fingerprint density at radius 3 is 2.79 bits per heavy atom. The summed E-state index contributed by atoms with van der Waals surface area (Å²) < 4.78 is 5.12. The number of hydrogen-bond acceptors (Lipinski definition) is 8. The Hall–Kier alpha value is -2.17. The maximum atomic E-state index is 12.5. The SMILES string of the molecule is CSCCC(NC(=O)c1ccc([N+](=O)[O-])cc1Cl)C(=O)OCC(=O)C1CCCN1. The van der Waals surface area contributed by atoms with Gasteiger partial charge < -0.3 is 15.4 Å². The molecular formula is C18H22ClN3O6S. The Morgan fingerprint density at radius 1 is 1.45 bits per heavy atom. The first kappa shape index (κ1) is 23.1. The van der Waals surface area contributed by atoms with E-state index in [1.165, 1.54) is 17.8 Å². The molecule has 1 heterocycles. The predicted octanol–water partition coefficient (Wildman–Crippen LogP) is 1.96. The molecule has 1 amide bonds. The van der Waals surface area contributed by atoms with E-state index in [0.717, 1.165) is 25.1 Å². The lowest BCUT2D eigenvalue weighted by Gasteiger charge is -2.18. The summed E-state index contributed by atoms with van der Waals surface area (Å²) in [5.74, 6) is -0.996. The lowest BCUT2D eigenvalue weighted by atomic mass is 10.1. The summed E-state index contributed by atoms with van der Waals surface area (Å²) in [6.07, 6.45) is 3.76. The number of benzene rings is 1. The van der Waals surface area contributed by atoms with Crippen LogP contribution in [0.5, 0.6) is 0 Å². The van der Waals surface area contributed by atoms with Crippen LogP contribution in [0.25, 0.3) is 0 Å². The molecule has 1 aliphatic rings. The van der Waals surface area contributed by atoms with E-state index in [4.69, 9.17) is 16.3 Å². The highest BCUT2D eigenvalue weighted by molar-refractivity contribution is 7.98. The summed E-state index contributed by atoms with van der Waals surface area (Å²) in [6.45, 7) is 0.396. The normalized spacial score (nSPS) is 16.8. The van der Waals surface area contributed by atoms with Crippen molar-refractivity contribution in [3.63, 3.8) is 0 Å². The van der Waals surface area contributed by atoms with Gasteiger partial charge >= 0.3 is 5.97 Å². The zero-order valence-corrected chi connectivity index (χ0v) is 17.4. The summed E-state index contributed by atoms with van der Waals surface area (Å²) >= 11 is 7.46. The van der Waals surface area contributed by atoms with E-state index in [2.05, 4.69) is 10.6 Å². The van der Waals surface area contributed by atoms with E-state index in [0.29, 0.717) is 18.6 Å². The molecule has 9 nitrogen and oxygen atoms in total. The van der Waals surface area contributed by atoms with Crippen molar-refractivity contribution in [2.75, 3.05) is 25.2 Å². The molecule has 2 unspecified atom stereocenters. The second kappa shape index (κ2) is 11.1. The summed E-state index contributed by atoms with van der Waals surface area (Å²) in [6, 6.07) is 2.18. The zero-order valence-electron chi connectivity index (χ0n) is 15.8. The van der Waals surface area contributed by atoms with Crippen LogP contribution in [-0.4, -0.2) is 59.8 Å². The third-order valence-electron chi connectivity index (χ3n) is 4.41. The molecule has 0 aromatic heterocycles. The minimum absolute atomic E-state index is 0.00505. The van der Waals surface area contributed by atoms with E-state index < -0.39 is 22.8 Å². The molecule has 1 aliphatic heterocycles. The number of non-ortho nitro benzene ring substituents is 1. The maximum Gasteiger partial charge on any atom is 0.329 e. The fraction of sp³-hybridized carbons (Fsp3) is 0.500. The van der Waals surface area contributed by atoms with Gasteiger partial charge in [0.2, 0.25) is 0 Å². The molecule has 0 radical (unpaired) electrons. The number of nitro benzene ring substituents is 1. The predicted molar refractivity (Wildman–Crippen MR) is 109 cm³/mol. The van der Waals surface area contributed by atoms with Crippen molar-refractivity contribution < 1.29 is 24.0 Å². The largest absolute Gasteiger partial charge is 0.456 e. The number of thioether (sulfide) groups is 1. The van der Waals surface area contributed by atoms with Gasteiger partial charge in [0.25, 0.3) is 11.6 Å². The van der Waals surface area contributed by atoms with Crippen LogP contribution in [0, 0.1) is 10.1 Å². The first-order valence-corrected chi connectivity index (χ1v) is 10.8. The molecule has 0 saturated carbocycles. The van der Waals surface area contributed by atoms with Crippen LogP contribution in [0.3, 0.4) is 0 Å². The van der Waals surface area contributed by atoms with Crippen LogP contribution < -0.4 is 10.6 Å². The molecule has 0 bridgehead atoms. The second-order valence-corrected chi connectivity index (χ2v) is 7.84. The molecule has 1 fully saturated rings. The van der Waals surface area contributed by atoms with Crippen molar-refractivity contribution in [2.24, 2.45) is 0 Å². The van der Waals surface area contributed by atoms with Crippen molar-refractivity contribution >= 4 is 46.7 Å². The summed E-state index contributed by atoms with van der Waals surface area (Å²) in [5.41, 5.74) is -0.241. The average molecular weight is 444 g/mol. The van der Waals surface area contributed by atoms with E-state index >= 15 is 0 Å². The Bertz CT molecular complexity index is 785. The highest BCUT2D eigenvalue weighted by Gasteiger charge is 2.27. The van der Waals surface area contributed by atoms with Gasteiger partial charge in [0.15, 0.2) is 12.4 Å². The van der Waals surface area contributed by atoms with Gasteiger partial charge in [0.05, 0.1) is 21.6 Å². The van der Waals surface area contributed by atoms with Crippen LogP contribution in [0.4, 0.5) is 5.69 Å². The Morgan fingerprint density at radius 2 is 2.21 bits per heavy atom. The van der Waals surface area contributed by atoms with E-state index in [-0.39, 0.29) is 34.7 Å². The van der Waals surface area contributed by atoms with Crippen LogP contribution in [0.15, 0.2) is 18.2 Å². The minimum Gasteiger partial charge on any atom is -0.456 e. The number of esters is 1. The number of rotatable bonds is 10. The molecule has 1 aromatic carbocycles. The van der Waals surface area contributed by atoms with Crippen molar-refractivity contribution in [1.29, 1.82) is 0 Å². The van der Waals surface area contributed by atoms with Crippen molar-refractivity contribution in [1.82, 2.24) is 10.6 Å². The van der Waals surface area contributed by atoms with Gasteiger partial charge in [-0.3, -0.25) is 19.7 Å². The Labute approximate surface area is 177 Å². The van der Waals surface area contributed by atoms with Crippen molar-refractivity contribution in [3.05, 3.63) is 38.9 Å². The number of nitro groups is 1. The first-order valence-electron chi connectivity index (χ1n) is 9.00. The molecule has 2 atom stereocenters. The number of Topliss-reactive ketones (excluding diaryl/α,β-unsaturated/α-hetero) is 1. The van der Waals surface area contributed by atoms with Gasteiger partial charge in [-0.1, -0.05) is 11.6 Å². The quantitative estimate of drug-likeness (QED) is 0.319. The smallest absolute Gasteiger partial charge is 0.329 e. The molecule has 2 N–H and O–H groups in total. The molecule has 0 spiro atoms. The summed E-state index contributed by atoms with van der Waals surface area (Å²) in [7, 11) is 0. The van der Waals surface area contributed by atoms with Gasteiger partial charge in [-0.2, -0.15) is 11.8 Å². The van der Waals surface area contributed by atoms with Crippen molar-refractivity contribution in [2.45, 2.75) is 31.3 Å². The molecule has 0 aliphatic carbocycles. The number of nitrogens with zero attached hydrogens (tertiary/aromatic N) is 1. The summed E-state index contributed by atoms with van der Waals surface area (Å²) in [5, 5.41) is 16.3. The van der Waals surface area contributed by atoms with E-state index in [1.807, 2.05) is 6.26 Å². The highest BCUT2D eigenvalue weighted by atomic mass is 35.5. The van der Waals surface area contributed by atoms with Crippen LogP contribution in [0.1, 0.15) is 29.6 Å². The fourth-order valence-electron chi connectivity index (χ4n) is 2.83. The maximum absolute atomic E-state index is 12.5. The Balaban J connectivity index is 2.01. The number of halogens is 1. The minimum atomic E-state index is -0.967. The summed E-state index contributed by atoms with van der Waals surface area (Å²) in [4.78, 5) is 47.2. The first-order chi connectivity index (χ1) is 13.8. The molecule has 11 heteroatoms. The van der Waals surface area contributed by atoms with E-state index in [1.54, 1.807) is 0 Å². The monoisotopic (exact) mass is 443 g/mol. The van der Waals surface area contributed by atoms with Gasteiger partial charge in [-0.05, 0) is 43.9 Å². The molecule has 158 valence electrons. The van der Waals surface area contributed by atoms with Crippen LogP contribution in [-0.2, 0) is 14.3 Å². The lowest BCUT2D eigenvalue weighted by Crippen LogP contribution is -2.43. The topological polar surface area (TPSA) is 128 Å². The number of nitrogens with one attached hydrogen (secondary N) is 2. The standard InChI is InChI=1S/C18H22ClN3O6S/c1-29-8-6-15(18(25)28-10-16(23)14-3-2-7-20-14)21-17(24)12-5-4-11(22(26)27)9-13(12)19/h4-5,9,14-15,20H,2-3,6-8,10H2,1H3,(H,21,24). The van der Waals surface area contributed by atoms with Gasteiger partial charge in [0.1, 0.15) is 6.04 Å². The molecule has 29 heavy (non-hydrogen) atoms. The van der Waals surface area contributed by atoms with Gasteiger partial charge in [-0.15, -0.1) is 0 Å². The van der Waals surface area contributed by atoms with Gasteiger partial charge in [0, 0.05) is 12.1 Å². The molecule has 1 saturated heterocycles. The number of hydrogen-bond donors (Lipinski definition) is 2. The number of ether oxygens (including phenoxy) is 1. The molecule has 1 aromatic rings. The van der Waals surface area contributed by atoms with Crippen LogP contribution in [0.2, 0.25) is 5.02 Å². The number of carbonyl (C=O) groups excluding carboxylic acids is 3. The second-order valence-electron chi connectivity index (χ2n) is 6.45. The highest BCUT2D eigenvalue weighted by Crippen LogP contribution is 2.22. The zero-order chi connectivity index (χ0) is 21.4. The number of ketones is 1. The fourth-order valence-corrected chi connectivity index (χ4v) is 3.56. The Kier molecular flexibility index (Phi) is 8.87. The van der Waals surface area contributed by atoms with Crippen molar-refractivity contribution in [3.8, 4) is 0 Å². The molecule has 2 rings (SSSR count). The molecular weight excluding hydrogens is 422 g/mol.